The zero-order valence-electron chi connectivity index (χ0n) is 12.1. The van der Waals surface area contributed by atoms with Crippen LogP contribution in [0.1, 0.15) is 15.2 Å². The minimum Gasteiger partial charge on any atom is -0.455 e. The van der Waals surface area contributed by atoms with Crippen molar-refractivity contribution >= 4 is 22.9 Å². The molecule has 0 saturated heterocycles. The lowest BCUT2D eigenvalue weighted by atomic mass is 10.2. The molecule has 0 atom stereocenters. The van der Waals surface area contributed by atoms with Crippen LogP contribution in [0, 0.1) is 6.92 Å². The Labute approximate surface area is 133 Å². The van der Waals surface area contributed by atoms with Crippen molar-refractivity contribution in [1.29, 1.82) is 0 Å². The Bertz CT molecular complexity index is 781. The van der Waals surface area contributed by atoms with E-state index in [1.54, 1.807) is 0 Å². The topological polar surface area (TPSA) is 38.3 Å². The molecule has 0 aliphatic carbocycles. The number of amides is 1. The molecular weight excluding hydrogens is 294 g/mol. The van der Waals surface area contributed by atoms with Gasteiger partial charge in [0.05, 0.1) is 10.6 Å². The van der Waals surface area contributed by atoms with Gasteiger partial charge in [-0.1, -0.05) is 30.3 Å². The summed E-state index contributed by atoms with van der Waals surface area (Å²) in [4.78, 5) is 13.1. The standard InChI is InChI=1S/C18H15NO2S/c1-13-11-12-22-17(13)18(20)19-15-9-5-6-10-16(15)21-14-7-3-2-4-8-14/h2-12H,1H3,(H,19,20). The Morgan fingerprint density at radius 1 is 1.00 bits per heavy atom. The molecular formula is C18H15NO2S. The number of carbonyl (C=O) groups is 1. The molecule has 4 heteroatoms. The predicted octanol–water partition coefficient (Wildman–Crippen LogP) is 5.10. The first-order valence-electron chi connectivity index (χ1n) is 6.91. The number of nitrogens with one attached hydrogen (secondary N) is 1. The Morgan fingerprint density at radius 2 is 1.73 bits per heavy atom. The number of anilines is 1. The Kier molecular flexibility index (Phi) is 4.21. The molecule has 3 nitrogen and oxygen atoms in total. The van der Waals surface area contributed by atoms with Crippen LogP contribution in [0.25, 0.3) is 0 Å². The molecule has 110 valence electrons. The molecule has 1 aromatic heterocycles. The number of rotatable bonds is 4. The minimum absolute atomic E-state index is 0.114. The second kappa shape index (κ2) is 6.45. The summed E-state index contributed by atoms with van der Waals surface area (Å²) in [5.74, 6) is 1.24. The SMILES string of the molecule is Cc1ccsc1C(=O)Nc1ccccc1Oc1ccccc1. The van der Waals surface area contributed by atoms with Gasteiger partial charge in [-0.15, -0.1) is 11.3 Å². The first kappa shape index (κ1) is 14.4. The van der Waals surface area contributed by atoms with E-state index in [0.717, 1.165) is 16.2 Å². The quantitative estimate of drug-likeness (QED) is 0.728. The fourth-order valence-corrected chi connectivity index (χ4v) is 2.88. The number of aryl methyl sites for hydroxylation is 1. The van der Waals surface area contributed by atoms with Gasteiger partial charge in [0.2, 0.25) is 0 Å². The van der Waals surface area contributed by atoms with Gasteiger partial charge in [-0.25, -0.2) is 0 Å². The summed E-state index contributed by atoms with van der Waals surface area (Å²) in [6.07, 6.45) is 0. The fraction of sp³-hybridized carbons (Fsp3) is 0.0556. The third kappa shape index (κ3) is 3.18. The molecule has 2 aromatic carbocycles. The van der Waals surface area contributed by atoms with Crippen LogP contribution < -0.4 is 10.1 Å². The Morgan fingerprint density at radius 3 is 2.45 bits per heavy atom. The van der Waals surface area contributed by atoms with Crippen molar-refractivity contribution in [1.82, 2.24) is 0 Å². The highest BCUT2D eigenvalue weighted by molar-refractivity contribution is 7.12. The van der Waals surface area contributed by atoms with E-state index in [4.69, 9.17) is 4.74 Å². The lowest BCUT2D eigenvalue weighted by Crippen LogP contribution is -2.12. The van der Waals surface area contributed by atoms with E-state index in [0.29, 0.717) is 11.4 Å². The molecule has 0 aliphatic heterocycles. The summed E-state index contributed by atoms with van der Waals surface area (Å²) >= 11 is 1.43. The molecule has 1 N–H and O–H groups in total. The number of ether oxygens (including phenoxy) is 1. The minimum atomic E-state index is -0.114. The van der Waals surface area contributed by atoms with E-state index in [1.165, 1.54) is 11.3 Å². The fourth-order valence-electron chi connectivity index (χ4n) is 2.06. The first-order valence-corrected chi connectivity index (χ1v) is 7.79. The van der Waals surface area contributed by atoms with E-state index in [-0.39, 0.29) is 5.91 Å². The van der Waals surface area contributed by atoms with E-state index >= 15 is 0 Å². The van der Waals surface area contributed by atoms with Gasteiger partial charge in [0.1, 0.15) is 5.75 Å². The molecule has 0 saturated carbocycles. The van der Waals surface area contributed by atoms with E-state index in [9.17, 15) is 4.79 Å². The average Bonchev–Trinajstić information content (AvgIpc) is 2.96. The van der Waals surface area contributed by atoms with Gasteiger partial charge >= 0.3 is 0 Å². The molecule has 0 aliphatic rings. The molecule has 22 heavy (non-hydrogen) atoms. The van der Waals surface area contributed by atoms with Crippen molar-refractivity contribution in [2.75, 3.05) is 5.32 Å². The lowest BCUT2D eigenvalue weighted by molar-refractivity contribution is 0.102. The van der Waals surface area contributed by atoms with E-state index < -0.39 is 0 Å². The van der Waals surface area contributed by atoms with Crippen LogP contribution in [0.4, 0.5) is 5.69 Å². The number of para-hydroxylation sites is 3. The third-order valence-corrected chi connectivity index (χ3v) is 4.19. The molecule has 1 amide bonds. The molecule has 0 spiro atoms. The van der Waals surface area contributed by atoms with Gasteiger partial charge < -0.3 is 10.1 Å². The second-order valence-corrected chi connectivity index (χ2v) is 5.71. The van der Waals surface area contributed by atoms with Gasteiger partial charge in [-0.3, -0.25) is 4.79 Å². The number of hydrogen-bond donors (Lipinski definition) is 1. The molecule has 0 bridgehead atoms. The van der Waals surface area contributed by atoms with Crippen molar-refractivity contribution in [3.63, 3.8) is 0 Å². The maximum Gasteiger partial charge on any atom is 0.266 e. The molecule has 1 heterocycles. The Balaban J connectivity index is 1.83. The number of carbonyl (C=O) groups excluding carboxylic acids is 1. The average molecular weight is 309 g/mol. The van der Waals surface area contributed by atoms with Crippen LogP contribution >= 0.6 is 11.3 Å². The summed E-state index contributed by atoms with van der Waals surface area (Å²) in [6.45, 7) is 1.93. The van der Waals surface area contributed by atoms with Gasteiger partial charge in [0, 0.05) is 0 Å². The highest BCUT2D eigenvalue weighted by Crippen LogP contribution is 2.30. The number of hydrogen-bond acceptors (Lipinski definition) is 3. The molecule has 0 unspecified atom stereocenters. The Hall–Kier alpha value is -2.59. The molecule has 0 fully saturated rings. The summed E-state index contributed by atoms with van der Waals surface area (Å²) in [6, 6.07) is 18.9. The summed E-state index contributed by atoms with van der Waals surface area (Å²) in [7, 11) is 0. The van der Waals surface area contributed by atoms with Crippen LogP contribution in [-0.2, 0) is 0 Å². The molecule has 3 aromatic rings. The monoisotopic (exact) mass is 309 g/mol. The van der Waals surface area contributed by atoms with Crippen molar-refractivity contribution < 1.29 is 9.53 Å². The second-order valence-electron chi connectivity index (χ2n) is 4.80. The highest BCUT2D eigenvalue weighted by atomic mass is 32.1. The third-order valence-electron chi connectivity index (χ3n) is 3.17. The molecule has 3 rings (SSSR count). The van der Waals surface area contributed by atoms with Crippen LogP contribution in [-0.4, -0.2) is 5.91 Å². The predicted molar refractivity (Wildman–Crippen MR) is 90.0 cm³/mol. The zero-order valence-corrected chi connectivity index (χ0v) is 12.9. The van der Waals surface area contributed by atoms with Crippen molar-refractivity contribution in [2.24, 2.45) is 0 Å². The molecule has 0 radical (unpaired) electrons. The van der Waals surface area contributed by atoms with Crippen molar-refractivity contribution in [3.8, 4) is 11.5 Å². The first-order chi connectivity index (χ1) is 10.7. The van der Waals surface area contributed by atoms with E-state index in [2.05, 4.69) is 5.32 Å². The van der Waals surface area contributed by atoms with E-state index in [1.807, 2.05) is 73.0 Å². The number of benzene rings is 2. The lowest BCUT2D eigenvalue weighted by Gasteiger charge is -2.12. The van der Waals surface area contributed by atoms with Gasteiger partial charge in [-0.2, -0.15) is 0 Å². The van der Waals surface area contributed by atoms with Crippen LogP contribution in [0.3, 0.4) is 0 Å². The summed E-state index contributed by atoms with van der Waals surface area (Å²) < 4.78 is 5.85. The van der Waals surface area contributed by atoms with Crippen LogP contribution in [0.5, 0.6) is 11.5 Å². The van der Waals surface area contributed by atoms with Gasteiger partial charge in [0.15, 0.2) is 5.75 Å². The van der Waals surface area contributed by atoms with Gasteiger partial charge in [-0.05, 0) is 48.2 Å². The van der Waals surface area contributed by atoms with Crippen LogP contribution in [0.2, 0.25) is 0 Å². The highest BCUT2D eigenvalue weighted by Gasteiger charge is 2.13. The maximum atomic E-state index is 12.3. The smallest absolute Gasteiger partial charge is 0.266 e. The van der Waals surface area contributed by atoms with Crippen LogP contribution in [0.15, 0.2) is 66.0 Å². The van der Waals surface area contributed by atoms with Crippen molar-refractivity contribution in [2.45, 2.75) is 6.92 Å². The summed E-state index contributed by atoms with van der Waals surface area (Å²) in [5, 5.41) is 4.83. The summed E-state index contributed by atoms with van der Waals surface area (Å²) in [5.41, 5.74) is 1.63. The number of thiophene rings is 1. The zero-order chi connectivity index (χ0) is 15.4. The van der Waals surface area contributed by atoms with Gasteiger partial charge in [0.25, 0.3) is 5.91 Å². The maximum absolute atomic E-state index is 12.3. The van der Waals surface area contributed by atoms with Crippen molar-refractivity contribution in [3.05, 3.63) is 76.5 Å². The normalized spacial score (nSPS) is 10.2. The largest absolute Gasteiger partial charge is 0.455 e.